The van der Waals surface area contributed by atoms with E-state index >= 15 is 0 Å². The highest BCUT2D eigenvalue weighted by Gasteiger charge is 2.27. The van der Waals surface area contributed by atoms with Crippen molar-refractivity contribution in [2.45, 2.75) is 39.7 Å². The molecule has 0 radical (unpaired) electrons. The van der Waals surface area contributed by atoms with Crippen LogP contribution >= 0.6 is 0 Å². The van der Waals surface area contributed by atoms with Crippen molar-refractivity contribution in [3.63, 3.8) is 0 Å². The van der Waals surface area contributed by atoms with Gasteiger partial charge in [0.1, 0.15) is 0 Å². The first-order chi connectivity index (χ1) is 13.5. The molecule has 2 rings (SSSR count). The summed E-state index contributed by atoms with van der Waals surface area (Å²) < 4.78 is 0. The Morgan fingerprint density at radius 2 is 1.64 bits per heavy atom. The van der Waals surface area contributed by atoms with E-state index in [2.05, 4.69) is 34.2 Å². The third-order valence-corrected chi connectivity index (χ3v) is 5.76. The zero-order chi connectivity index (χ0) is 20.5. The summed E-state index contributed by atoms with van der Waals surface area (Å²) in [6.45, 7) is 14.0. The molecule has 156 valence electrons. The second-order valence-electron chi connectivity index (χ2n) is 7.61. The predicted octanol–water partition coefficient (Wildman–Crippen LogP) is 1.78. The fraction of sp³-hybridized carbons (Fsp3) is 0.636. The van der Waals surface area contributed by atoms with Crippen LogP contribution in [-0.2, 0) is 9.59 Å². The normalized spacial score (nSPS) is 17.7. The molecular weight excluding hydrogens is 352 g/mol. The molecule has 1 fully saturated rings. The molecule has 2 unspecified atom stereocenters. The summed E-state index contributed by atoms with van der Waals surface area (Å²) >= 11 is 0. The van der Waals surface area contributed by atoms with Crippen molar-refractivity contribution in [3.05, 3.63) is 35.9 Å². The zero-order valence-corrected chi connectivity index (χ0v) is 17.9. The highest BCUT2D eigenvalue weighted by Crippen LogP contribution is 2.13. The first kappa shape index (κ1) is 22.4. The van der Waals surface area contributed by atoms with Crippen molar-refractivity contribution in [2.24, 2.45) is 0 Å². The lowest BCUT2D eigenvalue weighted by Gasteiger charge is -2.37. The molecule has 28 heavy (non-hydrogen) atoms. The van der Waals surface area contributed by atoms with Crippen LogP contribution in [0.4, 0.5) is 0 Å². The Labute approximate surface area is 169 Å². The maximum atomic E-state index is 12.6. The van der Waals surface area contributed by atoms with E-state index in [0.29, 0.717) is 19.0 Å². The van der Waals surface area contributed by atoms with E-state index in [-0.39, 0.29) is 17.9 Å². The molecule has 2 atom stereocenters. The second-order valence-corrected chi connectivity index (χ2v) is 7.61. The number of nitrogens with one attached hydrogen (secondary N) is 1. The summed E-state index contributed by atoms with van der Waals surface area (Å²) in [6, 6.07) is 10.1. The van der Waals surface area contributed by atoms with E-state index in [1.807, 2.05) is 43.9 Å². The fourth-order valence-electron chi connectivity index (χ4n) is 3.64. The Balaban J connectivity index is 1.74. The number of likely N-dealkylation sites (N-methyl/N-ethyl adjacent to an activating group) is 1. The van der Waals surface area contributed by atoms with Gasteiger partial charge in [0, 0.05) is 45.8 Å². The van der Waals surface area contributed by atoms with Crippen LogP contribution in [0.25, 0.3) is 0 Å². The van der Waals surface area contributed by atoms with Gasteiger partial charge in [-0.2, -0.15) is 0 Å². The molecule has 0 aliphatic carbocycles. The van der Waals surface area contributed by atoms with Crippen LogP contribution in [0.2, 0.25) is 0 Å². The van der Waals surface area contributed by atoms with Crippen LogP contribution in [0.3, 0.4) is 0 Å². The van der Waals surface area contributed by atoms with Crippen molar-refractivity contribution >= 4 is 11.8 Å². The highest BCUT2D eigenvalue weighted by atomic mass is 16.2. The van der Waals surface area contributed by atoms with E-state index in [4.69, 9.17) is 0 Å². The number of amides is 2. The van der Waals surface area contributed by atoms with Gasteiger partial charge in [0.2, 0.25) is 11.8 Å². The second kappa shape index (κ2) is 11.2. The SMILES string of the molecule is CCN(CC)C(=O)CN1CCN(C(C)C(=O)NCC(C)c2ccccc2)CC1. The smallest absolute Gasteiger partial charge is 0.237 e. The molecule has 0 spiro atoms. The van der Waals surface area contributed by atoms with Crippen LogP contribution in [-0.4, -0.2) is 84.9 Å². The summed E-state index contributed by atoms with van der Waals surface area (Å²) in [7, 11) is 0. The maximum absolute atomic E-state index is 12.6. The first-order valence-corrected chi connectivity index (χ1v) is 10.5. The minimum Gasteiger partial charge on any atom is -0.354 e. The molecule has 1 heterocycles. The van der Waals surface area contributed by atoms with Gasteiger partial charge in [-0.05, 0) is 32.3 Å². The first-order valence-electron chi connectivity index (χ1n) is 10.5. The highest BCUT2D eigenvalue weighted by molar-refractivity contribution is 5.81. The van der Waals surface area contributed by atoms with Crippen LogP contribution in [0.5, 0.6) is 0 Å². The number of benzene rings is 1. The molecule has 1 aromatic carbocycles. The topological polar surface area (TPSA) is 55.9 Å². The molecule has 6 heteroatoms. The van der Waals surface area contributed by atoms with Crippen molar-refractivity contribution in [1.29, 1.82) is 0 Å². The predicted molar refractivity (Wildman–Crippen MR) is 113 cm³/mol. The van der Waals surface area contributed by atoms with Crippen LogP contribution < -0.4 is 5.32 Å². The van der Waals surface area contributed by atoms with Gasteiger partial charge in [0.05, 0.1) is 12.6 Å². The average Bonchev–Trinajstić information content (AvgIpc) is 2.73. The van der Waals surface area contributed by atoms with Crippen LogP contribution in [0.1, 0.15) is 39.2 Å². The van der Waals surface area contributed by atoms with Gasteiger partial charge in [-0.15, -0.1) is 0 Å². The number of carbonyl (C=O) groups is 2. The maximum Gasteiger partial charge on any atom is 0.237 e. The van der Waals surface area contributed by atoms with Gasteiger partial charge in [-0.3, -0.25) is 19.4 Å². The van der Waals surface area contributed by atoms with E-state index in [9.17, 15) is 9.59 Å². The van der Waals surface area contributed by atoms with E-state index in [1.54, 1.807) is 0 Å². The fourth-order valence-corrected chi connectivity index (χ4v) is 3.64. The van der Waals surface area contributed by atoms with Gasteiger partial charge < -0.3 is 10.2 Å². The Hall–Kier alpha value is -1.92. The number of hydrogen-bond donors (Lipinski definition) is 1. The van der Waals surface area contributed by atoms with E-state index < -0.39 is 0 Å². The molecule has 1 N–H and O–H groups in total. The number of hydrogen-bond acceptors (Lipinski definition) is 4. The zero-order valence-electron chi connectivity index (χ0n) is 17.9. The van der Waals surface area contributed by atoms with Gasteiger partial charge in [-0.25, -0.2) is 0 Å². The summed E-state index contributed by atoms with van der Waals surface area (Å²) in [5, 5.41) is 3.10. The van der Waals surface area contributed by atoms with E-state index in [1.165, 1.54) is 5.56 Å². The molecule has 1 aliphatic rings. The molecule has 1 aromatic rings. The minimum atomic E-state index is -0.149. The Morgan fingerprint density at radius 3 is 2.21 bits per heavy atom. The largest absolute Gasteiger partial charge is 0.354 e. The standard InChI is InChI=1S/C22H36N4O2/c1-5-25(6-2)21(27)17-24-12-14-26(15-13-24)19(4)22(28)23-16-18(3)20-10-8-7-9-11-20/h7-11,18-19H,5-6,12-17H2,1-4H3,(H,23,28). The Kier molecular flexibility index (Phi) is 8.93. The molecule has 6 nitrogen and oxygen atoms in total. The van der Waals surface area contributed by atoms with Gasteiger partial charge in [-0.1, -0.05) is 37.3 Å². The van der Waals surface area contributed by atoms with Crippen LogP contribution in [0.15, 0.2) is 30.3 Å². The molecule has 2 amide bonds. The van der Waals surface area contributed by atoms with Gasteiger partial charge in [0.25, 0.3) is 0 Å². The Morgan fingerprint density at radius 1 is 1.04 bits per heavy atom. The lowest BCUT2D eigenvalue weighted by Crippen LogP contribution is -2.55. The van der Waals surface area contributed by atoms with Crippen molar-refractivity contribution in [1.82, 2.24) is 20.0 Å². The number of carbonyl (C=O) groups excluding carboxylic acids is 2. The van der Waals surface area contributed by atoms with Crippen molar-refractivity contribution < 1.29 is 9.59 Å². The van der Waals surface area contributed by atoms with Crippen LogP contribution in [0, 0.1) is 0 Å². The molecule has 1 saturated heterocycles. The monoisotopic (exact) mass is 388 g/mol. The number of piperazine rings is 1. The number of rotatable bonds is 9. The summed E-state index contributed by atoms with van der Waals surface area (Å²) in [6.07, 6.45) is 0. The van der Waals surface area contributed by atoms with Gasteiger partial charge >= 0.3 is 0 Å². The molecule has 0 bridgehead atoms. The third kappa shape index (κ3) is 6.31. The molecule has 0 saturated carbocycles. The molecule has 0 aromatic heterocycles. The summed E-state index contributed by atoms with van der Waals surface area (Å²) in [5.41, 5.74) is 1.24. The third-order valence-electron chi connectivity index (χ3n) is 5.76. The van der Waals surface area contributed by atoms with Crippen molar-refractivity contribution in [3.8, 4) is 0 Å². The quantitative estimate of drug-likeness (QED) is 0.701. The summed E-state index contributed by atoms with van der Waals surface area (Å²) in [4.78, 5) is 31.1. The van der Waals surface area contributed by atoms with Crippen molar-refractivity contribution in [2.75, 3.05) is 52.4 Å². The lowest BCUT2D eigenvalue weighted by atomic mass is 10.0. The minimum absolute atomic E-state index is 0.0791. The summed E-state index contributed by atoms with van der Waals surface area (Å²) in [5.74, 6) is 0.565. The molecular formula is C22H36N4O2. The van der Waals surface area contributed by atoms with E-state index in [0.717, 1.165) is 39.3 Å². The number of nitrogens with zero attached hydrogens (tertiary/aromatic N) is 3. The van der Waals surface area contributed by atoms with Gasteiger partial charge in [0.15, 0.2) is 0 Å². The Bertz CT molecular complexity index is 610. The lowest BCUT2D eigenvalue weighted by molar-refractivity contribution is -0.133. The molecule has 1 aliphatic heterocycles. The average molecular weight is 389 g/mol.